The molecule has 12 heavy (non-hydrogen) atoms. The van der Waals surface area contributed by atoms with Crippen LogP contribution in [0.5, 0.6) is 0 Å². The number of ether oxygens (including phenoxy) is 1. The van der Waals surface area contributed by atoms with Crippen molar-refractivity contribution in [3.63, 3.8) is 0 Å². The fourth-order valence-electron chi connectivity index (χ4n) is 0.955. The molecule has 0 aromatic carbocycles. The molecule has 1 saturated heterocycles. The van der Waals surface area contributed by atoms with Crippen molar-refractivity contribution >= 4 is 10.3 Å². The second-order valence-corrected chi connectivity index (χ2v) is 3.80. The van der Waals surface area contributed by atoms with Crippen LogP contribution < -0.4 is 4.72 Å². The Balaban J connectivity index is 2.66. The van der Waals surface area contributed by atoms with E-state index in [-0.39, 0.29) is 13.2 Å². The Morgan fingerprint density at radius 1 is 1.75 bits per heavy atom. The van der Waals surface area contributed by atoms with Gasteiger partial charge in [0.1, 0.15) is 6.10 Å². The highest BCUT2D eigenvalue weighted by molar-refractivity contribution is 7.84. The lowest BCUT2D eigenvalue weighted by Gasteiger charge is -2.28. The van der Waals surface area contributed by atoms with E-state index in [4.69, 9.17) is 9.84 Å². The van der Waals surface area contributed by atoms with E-state index < -0.39 is 22.4 Å². The third-order valence-electron chi connectivity index (χ3n) is 1.63. The first kappa shape index (κ1) is 9.87. The molecule has 0 aromatic heterocycles. The number of hydrogen-bond donors (Lipinski definition) is 2. The van der Waals surface area contributed by atoms with Crippen molar-refractivity contribution in [3.05, 3.63) is 0 Å². The minimum atomic E-state index is -3.68. The molecule has 0 radical (unpaired) electrons. The molecule has 1 aliphatic rings. The molecule has 0 unspecified atom stereocenters. The molecular formula is C5H11NO5S. The van der Waals surface area contributed by atoms with E-state index >= 15 is 0 Å². The average molecular weight is 197 g/mol. The van der Waals surface area contributed by atoms with Crippen LogP contribution in [-0.2, 0) is 19.2 Å². The lowest BCUT2D eigenvalue weighted by molar-refractivity contribution is 0.00668. The minimum absolute atomic E-state index is 0.0585. The Hall–Kier alpha value is -0.210. The summed E-state index contributed by atoms with van der Waals surface area (Å²) in [7, 11) is -2.25. The normalized spacial score (nSPS) is 34.8. The van der Waals surface area contributed by atoms with E-state index in [1.54, 1.807) is 0 Å². The van der Waals surface area contributed by atoms with Crippen LogP contribution in [0.15, 0.2) is 0 Å². The van der Waals surface area contributed by atoms with Crippen molar-refractivity contribution < 1.29 is 22.4 Å². The molecule has 2 atom stereocenters. The van der Waals surface area contributed by atoms with Crippen molar-refractivity contribution in [2.24, 2.45) is 0 Å². The number of rotatable bonds is 2. The summed E-state index contributed by atoms with van der Waals surface area (Å²) in [6.45, 7) is -0.363. The maximum Gasteiger partial charge on any atom is 0.336 e. The van der Waals surface area contributed by atoms with Crippen LogP contribution in [0, 0.1) is 0 Å². The molecular weight excluding hydrogens is 186 g/mol. The third kappa shape index (κ3) is 2.14. The summed E-state index contributed by atoms with van der Waals surface area (Å²) in [5.74, 6) is 0. The van der Waals surface area contributed by atoms with Crippen molar-refractivity contribution in [1.82, 2.24) is 4.72 Å². The van der Waals surface area contributed by atoms with Gasteiger partial charge in [0.2, 0.25) is 0 Å². The van der Waals surface area contributed by atoms with Gasteiger partial charge in [-0.15, -0.1) is 0 Å². The van der Waals surface area contributed by atoms with E-state index in [0.29, 0.717) is 0 Å². The van der Waals surface area contributed by atoms with Crippen LogP contribution in [0.1, 0.15) is 0 Å². The quantitative estimate of drug-likeness (QED) is 0.547. The first-order chi connectivity index (χ1) is 5.59. The van der Waals surface area contributed by atoms with Crippen LogP contribution in [0.3, 0.4) is 0 Å². The summed E-state index contributed by atoms with van der Waals surface area (Å²) in [5.41, 5.74) is 0. The van der Waals surface area contributed by atoms with Gasteiger partial charge in [-0.3, -0.25) is 4.18 Å². The Bertz CT molecular complexity index is 238. The summed E-state index contributed by atoms with van der Waals surface area (Å²) >= 11 is 0. The summed E-state index contributed by atoms with van der Waals surface area (Å²) < 4.78 is 33.0. The molecule has 0 spiro atoms. The number of aliphatic hydroxyl groups excluding tert-OH is 1. The Labute approximate surface area is 70.7 Å². The highest BCUT2D eigenvalue weighted by atomic mass is 32.2. The van der Waals surface area contributed by atoms with Gasteiger partial charge in [0.15, 0.2) is 0 Å². The number of methoxy groups -OCH3 is 1. The Kier molecular flexibility index (Phi) is 3.02. The first-order valence-electron chi connectivity index (χ1n) is 3.39. The molecule has 7 heteroatoms. The molecule has 0 amide bonds. The SMILES string of the molecule is CO[C@@H]1COS(=O)(=O)N[C@@H]1CO. The van der Waals surface area contributed by atoms with Crippen molar-refractivity contribution in [1.29, 1.82) is 0 Å². The van der Waals surface area contributed by atoms with E-state index in [1.807, 2.05) is 0 Å². The zero-order valence-corrected chi connectivity index (χ0v) is 7.37. The van der Waals surface area contributed by atoms with E-state index in [1.165, 1.54) is 7.11 Å². The number of hydrogen-bond acceptors (Lipinski definition) is 5. The molecule has 6 nitrogen and oxygen atoms in total. The molecule has 0 bridgehead atoms. The van der Waals surface area contributed by atoms with Gasteiger partial charge < -0.3 is 9.84 Å². The molecule has 1 rings (SSSR count). The highest BCUT2D eigenvalue weighted by Gasteiger charge is 2.32. The first-order valence-corrected chi connectivity index (χ1v) is 4.80. The Morgan fingerprint density at radius 2 is 2.42 bits per heavy atom. The third-order valence-corrected chi connectivity index (χ3v) is 2.67. The van der Waals surface area contributed by atoms with Crippen LogP contribution in [-0.4, -0.2) is 46.0 Å². The summed E-state index contributed by atoms with van der Waals surface area (Å²) in [6, 6.07) is -0.617. The minimum Gasteiger partial charge on any atom is -0.395 e. The fraction of sp³-hybridized carbons (Fsp3) is 1.00. The molecule has 1 heterocycles. The predicted molar refractivity (Wildman–Crippen MR) is 39.7 cm³/mol. The van der Waals surface area contributed by atoms with Crippen molar-refractivity contribution in [3.8, 4) is 0 Å². The van der Waals surface area contributed by atoms with Gasteiger partial charge in [0.05, 0.1) is 19.3 Å². The number of nitrogens with one attached hydrogen (secondary N) is 1. The lowest BCUT2D eigenvalue weighted by atomic mass is 10.2. The van der Waals surface area contributed by atoms with Crippen molar-refractivity contribution in [2.45, 2.75) is 12.1 Å². The van der Waals surface area contributed by atoms with Gasteiger partial charge in [0.25, 0.3) is 0 Å². The largest absolute Gasteiger partial charge is 0.395 e. The van der Waals surface area contributed by atoms with Gasteiger partial charge in [-0.2, -0.15) is 13.1 Å². The zero-order valence-electron chi connectivity index (χ0n) is 6.56. The van der Waals surface area contributed by atoms with Gasteiger partial charge >= 0.3 is 10.3 Å². The van der Waals surface area contributed by atoms with Crippen molar-refractivity contribution in [2.75, 3.05) is 20.3 Å². The standard InChI is InChI=1S/C5H11NO5S/c1-10-5-3-11-12(8,9)6-4(5)2-7/h4-7H,2-3H2,1H3/t4-,5-/m1/s1. The topological polar surface area (TPSA) is 84.9 Å². The monoisotopic (exact) mass is 197 g/mol. The summed E-state index contributed by atoms with van der Waals surface area (Å²) in [4.78, 5) is 0. The van der Waals surface area contributed by atoms with E-state index in [2.05, 4.69) is 8.91 Å². The van der Waals surface area contributed by atoms with E-state index in [0.717, 1.165) is 0 Å². The molecule has 0 saturated carbocycles. The predicted octanol–water partition coefficient (Wildman–Crippen LogP) is -1.77. The smallest absolute Gasteiger partial charge is 0.336 e. The molecule has 0 aliphatic carbocycles. The maximum atomic E-state index is 10.8. The molecule has 72 valence electrons. The zero-order chi connectivity index (χ0) is 9.19. The molecule has 1 aliphatic heterocycles. The van der Waals surface area contributed by atoms with Crippen LogP contribution >= 0.6 is 0 Å². The van der Waals surface area contributed by atoms with Gasteiger partial charge in [-0.05, 0) is 0 Å². The fourth-order valence-corrected chi connectivity index (χ4v) is 1.93. The summed E-state index contributed by atoms with van der Waals surface area (Å²) in [6.07, 6.45) is -0.432. The lowest BCUT2D eigenvalue weighted by Crippen LogP contribution is -2.53. The van der Waals surface area contributed by atoms with Crippen LogP contribution in [0.4, 0.5) is 0 Å². The van der Waals surface area contributed by atoms with E-state index in [9.17, 15) is 8.42 Å². The Morgan fingerprint density at radius 3 is 2.92 bits per heavy atom. The van der Waals surface area contributed by atoms with Crippen LogP contribution in [0.25, 0.3) is 0 Å². The maximum absolute atomic E-state index is 10.8. The number of aliphatic hydroxyl groups is 1. The highest BCUT2D eigenvalue weighted by Crippen LogP contribution is 2.08. The van der Waals surface area contributed by atoms with Crippen LogP contribution in [0.2, 0.25) is 0 Å². The average Bonchev–Trinajstić information content (AvgIpc) is 2.03. The van der Waals surface area contributed by atoms with Gasteiger partial charge in [0, 0.05) is 7.11 Å². The van der Waals surface area contributed by atoms with Gasteiger partial charge in [-0.1, -0.05) is 0 Å². The van der Waals surface area contributed by atoms with Gasteiger partial charge in [-0.25, -0.2) is 0 Å². The second kappa shape index (κ2) is 3.67. The molecule has 1 fully saturated rings. The second-order valence-electron chi connectivity index (χ2n) is 2.42. The molecule has 2 N–H and O–H groups in total. The summed E-state index contributed by atoms with van der Waals surface area (Å²) in [5, 5.41) is 8.76. The molecule has 0 aromatic rings.